The summed E-state index contributed by atoms with van der Waals surface area (Å²) in [5.74, 6) is -2.25. The third kappa shape index (κ3) is 4.04. The Kier molecular flexibility index (Phi) is 7.63. The van der Waals surface area contributed by atoms with Gasteiger partial charge in [-0.2, -0.15) is 0 Å². The van der Waals surface area contributed by atoms with Gasteiger partial charge in [0.25, 0.3) is 0 Å². The molecule has 0 unspecified atom stereocenters. The molecule has 0 fully saturated rings. The minimum Gasteiger partial charge on any atom is -1.00 e. The van der Waals surface area contributed by atoms with E-state index < -0.39 is 11.9 Å². The Balaban J connectivity index is -0.000000180. The molecule has 0 heterocycles. The topological polar surface area (TPSA) is 74.6 Å². The van der Waals surface area contributed by atoms with Crippen molar-refractivity contribution >= 4 is 11.9 Å². The number of aromatic carboxylic acids is 2. The van der Waals surface area contributed by atoms with Crippen LogP contribution in [0.25, 0.3) is 0 Å². The molecule has 0 radical (unpaired) electrons. The van der Waals surface area contributed by atoms with Gasteiger partial charge in [-0.1, -0.05) is 6.07 Å². The van der Waals surface area contributed by atoms with Crippen molar-refractivity contribution in [1.29, 1.82) is 0 Å². The SMILES string of the molecule is O=C(O)c1cccc(C(=O)O)c1.[H-].[H-].[Li+].[Li+]. The first-order valence-electron chi connectivity index (χ1n) is 3.18. The van der Waals surface area contributed by atoms with Gasteiger partial charge >= 0.3 is 49.7 Å². The van der Waals surface area contributed by atoms with E-state index in [4.69, 9.17) is 10.2 Å². The molecule has 1 aromatic carbocycles. The van der Waals surface area contributed by atoms with Crippen molar-refractivity contribution in [2.45, 2.75) is 0 Å². The van der Waals surface area contributed by atoms with E-state index in [-0.39, 0.29) is 51.7 Å². The Labute approximate surface area is 108 Å². The van der Waals surface area contributed by atoms with Crippen LogP contribution < -0.4 is 37.7 Å². The van der Waals surface area contributed by atoms with Crippen LogP contribution in [0.2, 0.25) is 0 Å². The maximum atomic E-state index is 10.4. The number of carboxylic acid groups (broad SMARTS) is 2. The molecule has 0 spiro atoms. The van der Waals surface area contributed by atoms with Crippen LogP contribution in [0.5, 0.6) is 0 Å². The predicted molar refractivity (Wildman–Crippen MR) is 42.6 cm³/mol. The van der Waals surface area contributed by atoms with Gasteiger partial charge in [-0.3, -0.25) is 0 Å². The Morgan fingerprint density at radius 3 is 1.64 bits per heavy atom. The zero-order valence-electron chi connectivity index (χ0n) is 10.0. The molecule has 1 rings (SSSR count). The van der Waals surface area contributed by atoms with Gasteiger partial charge in [0.15, 0.2) is 0 Å². The Bertz CT molecular complexity index is 317. The van der Waals surface area contributed by atoms with E-state index in [2.05, 4.69) is 0 Å². The molecular weight excluding hydrogens is 174 g/mol. The summed E-state index contributed by atoms with van der Waals surface area (Å²) in [6.45, 7) is 0. The fourth-order valence-electron chi connectivity index (χ4n) is 0.785. The minimum absolute atomic E-state index is 0. The fourth-order valence-corrected chi connectivity index (χ4v) is 0.785. The molecule has 0 aromatic heterocycles. The van der Waals surface area contributed by atoms with Crippen LogP contribution in [0.1, 0.15) is 23.6 Å². The summed E-state index contributed by atoms with van der Waals surface area (Å²) >= 11 is 0. The van der Waals surface area contributed by atoms with E-state index in [1.165, 1.54) is 18.2 Å². The quantitative estimate of drug-likeness (QED) is 0.451. The largest absolute Gasteiger partial charge is 1.00 e. The fraction of sp³-hybridized carbons (Fsp3) is 0. The van der Waals surface area contributed by atoms with Gasteiger partial charge in [-0.25, -0.2) is 9.59 Å². The van der Waals surface area contributed by atoms with Crippen LogP contribution >= 0.6 is 0 Å². The first kappa shape index (κ1) is 15.8. The summed E-state index contributed by atoms with van der Waals surface area (Å²) in [4.78, 5) is 20.8. The summed E-state index contributed by atoms with van der Waals surface area (Å²) in [6, 6.07) is 5.20. The monoisotopic (exact) mass is 182 g/mol. The molecule has 0 aliphatic rings. The normalized spacial score (nSPS) is 8.00. The third-order valence-corrected chi connectivity index (χ3v) is 1.36. The van der Waals surface area contributed by atoms with Crippen LogP contribution in [-0.4, -0.2) is 22.2 Å². The molecule has 2 N–H and O–H groups in total. The molecule has 1 aromatic rings. The van der Waals surface area contributed by atoms with Crippen LogP contribution in [0, 0.1) is 0 Å². The number of benzene rings is 1. The van der Waals surface area contributed by atoms with Crippen molar-refractivity contribution < 1.29 is 60.4 Å². The average molecular weight is 182 g/mol. The van der Waals surface area contributed by atoms with E-state index in [9.17, 15) is 9.59 Å². The maximum absolute atomic E-state index is 10.4. The molecular formula is C8H8Li2O4. The molecule has 6 heteroatoms. The Morgan fingerprint density at radius 2 is 1.36 bits per heavy atom. The van der Waals surface area contributed by atoms with Crippen LogP contribution in [0.4, 0.5) is 0 Å². The van der Waals surface area contributed by atoms with E-state index in [1.54, 1.807) is 0 Å². The van der Waals surface area contributed by atoms with Crippen molar-refractivity contribution in [3.63, 3.8) is 0 Å². The zero-order chi connectivity index (χ0) is 9.14. The van der Waals surface area contributed by atoms with Gasteiger partial charge in [-0.05, 0) is 18.2 Å². The van der Waals surface area contributed by atoms with Gasteiger partial charge < -0.3 is 13.1 Å². The average Bonchev–Trinajstić information content (AvgIpc) is 2.04. The van der Waals surface area contributed by atoms with Crippen LogP contribution in [0.15, 0.2) is 24.3 Å². The molecule has 0 saturated heterocycles. The summed E-state index contributed by atoms with van der Waals surface area (Å²) in [5.41, 5.74) is -0.0372. The maximum Gasteiger partial charge on any atom is 1.00 e. The van der Waals surface area contributed by atoms with Crippen molar-refractivity contribution in [1.82, 2.24) is 0 Å². The van der Waals surface area contributed by atoms with Crippen molar-refractivity contribution in [2.24, 2.45) is 0 Å². The first-order chi connectivity index (χ1) is 5.61. The number of hydrogen-bond donors (Lipinski definition) is 2. The second-order valence-electron chi connectivity index (χ2n) is 2.19. The van der Waals surface area contributed by atoms with Gasteiger partial charge in [0.05, 0.1) is 11.1 Å². The molecule has 0 atom stereocenters. The Morgan fingerprint density at radius 1 is 1.00 bits per heavy atom. The molecule has 0 amide bonds. The molecule has 14 heavy (non-hydrogen) atoms. The van der Waals surface area contributed by atoms with Gasteiger partial charge in [0.2, 0.25) is 0 Å². The van der Waals surface area contributed by atoms with Gasteiger partial charge in [0, 0.05) is 0 Å². The summed E-state index contributed by atoms with van der Waals surface area (Å²) in [6.07, 6.45) is 0. The second kappa shape index (κ2) is 6.76. The first-order valence-corrected chi connectivity index (χ1v) is 3.18. The Hall–Kier alpha value is -0.645. The summed E-state index contributed by atoms with van der Waals surface area (Å²) < 4.78 is 0. The third-order valence-electron chi connectivity index (χ3n) is 1.36. The van der Waals surface area contributed by atoms with Crippen molar-refractivity contribution in [2.75, 3.05) is 0 Å². The van der Waals surface area contributed by atoms with Crippen molar-refractivity contribution in [3.05, 3.63) is 35.4 Å². The predicted octanol–water partition coefficient (Wildman–Crippen LogP) is -4.68. The molecule has 0 aliphatic heterocycles. The molecule has 0 saturated carbocycles. The van der Waals surface area contributed by atoms with Gasteiger partial charge in [0.1, 0.15) is 0 Å². The van der Waals surface area contributed by atoms with Crippen LogP contribution in [0.3, 0.4) is 0 Å². The van der Waals surface area contributed by atoms with Gasteiger partial charge in [-0.15, -0.1) is 0 Å². The van der Waals surface area contributed by atoms with E-state index >= 15 is 0 Å². The minimum atomic E-state index is -1.13. The number of carboxylic acids is 2. The molecule has 4 nitrogen and oxygen atoms in total. The van der Waals surface area contributed by atoms with Crippen LogP contribution in [-0.2, 0) is 0 Å². The van der Waals surface area contributed by atoms with E-state index in [0.29, 0.717) is 0 Å². The standard InChI is InChI=1S/C8H6O4.2Li.2H/c9-7(10)5-2-1-3-6(4-5)8(11)12;;;;/h1-4H,(H,9,10)(H,11,12);;;;/q;2*+1;2*-1. The number of hydrogen-bond acceptors (Lipinski definition) is 2. The zero-order valence-corrected chi connectivity index (χ0v) is 8.02. The van der Waals surface area contributed by atoms with E-state index in [1.807, 2.05) is 0 Å². The molecule has 66 valence electrons. The summed E-state index contributed by atoms with van der Waals surface area (Å²) in [7, 11) is 0. The molecule has 0 bridgehead atoms. The van der Waals surface area contributed by atoms with E-state index in [0.717, 1.165) is 6.07 Å². The number of carbonyl (C=O) groups is 2. The smallest absolute Gasteiger partial charge is 1.00 e. The second-order valence-corrected chi connectivity index (χ2v) is 2.19. The molecule has 0 aliphatic carbocycles. The summed E-state index contributed by atoms with van der Waals surface area (Å²) in [5, 5.41) is 17.0. The number of rotatable bonds is 2. The van der Waals surface area contributed by atoms with Crippen molar-refractivity contribution in [3.8, 4) is 0 Å².